The molecular weight excluding hydrogens is 265 g/mol. The summed E-state index contributed by atoms with van der Waals surface area (Å²) < 4.78 is 18.1. The van der Waals surface area contributed by atoms with E-state index in [9.17, 15) is 14.0 Å². The Morgan fingerprint density at radius 1 is 1.40 bits per heavy atom. The van der Waals surface area contributed by atoms with Crippen LogP contribution in [0.3, 0.4) is 0 Å². The molecule has 0 aliphatic heterocycles. The van der Waals surface area contributed by atoms with E-state index >= 15 is 0 Å². The topological polar surface area (TPSA) is 75.6 Å². The molecule has 20 heavy (non-hydrogen) atoms. The second-order valence-electron chi connectivity index (χ2n) is 4.80. The number of carbonyl (C=O) groups is 2. The molecule has 2 N–H and O–H groups in total. The monoisotopic (exact) mass is 281 g/mol. The van der Waals surface area contributed by atoms with E-state index in [0.29, 0.717) is 12.8 Å². The standard InChI is InChI=1S/C14H16FNO4/c1-20-12-7-8(5-6-10(12)15)13(17)16-11-4-2-3-9(11)14(18)19/h5-7,9,11H,2-4H2,1H3,(H,16,17)(H,18,19)/t9-,11+/m1/s1. The lowest BCUT2D eigenvalue weighted by molar-refractivity contribution is -0.142. The highest BCUT2D eigenvalue weighted by Gasteiger charge is 2.34. The number of carboxylic acid groups (broad SMARTS) is 1. The molecule has 5 nitrogen and oxygen atoms in total. The zero-order chi connectivity index (χ0) is 14.7. The number of carbonyl (C=O) groups excluding carboxylic acids is 1. The van der Waals surface area contributed by atoms with Gasteiger partial charge in [-0.3, -0.25) is 9.59 Å². The van der Waals surface area contributed by atoms with Gasteiger partial charge in [0, 0.05) is 11.6 Å². The Balaban J connectivity index is 2.10. The van der Waals surface area contributed by atoms with E-state index in [1.54, 1.807) is 0 Å². The first kappa shape index (κ1) is 14.3. The zero-order valence-corrected chi connectivity index (χ0v) is 11.1. The molecule has 1 amide bonds. The summed E-state index contributed by atoms with van der Waals surface area (Å²) in [5.74, 6) is -2.43. The van der Waals surface area contributed by atoms with Gasteiger partial charge >= 0.3 is 5.97 Å². The Labute approximate surface area is 115 Å². The van der Waals surface area contributed by atoms with Crippen molar-refractivity contribution in [3.8, 4) is 5.75 Å². The van der Waals surface area contributed by atoms with E-state index in [4.69, 9.17) is 9.84 Å². The van der Waals surface area contributed by atoms with Crippen LogP contribution in [0.5, 0.6) is 5.75 Å². The summed E-state index contributed by atoms with van der Waals surface area (Å²) in [6, 6.07) is 3.42. The third-order valence-electron chi connectivity index (χ3n) is 3.56. The smallest absolute Gasteiger partial charge is 0.308 e. The number of hydrogen-bond acceptors (Lipinski definition) is 3. The second-order valence-corrected chi connectivity index (χ2v) is 4.80. The SMILES string of the molecule is COc1cc(C(=O)N[C@H]2CCC[C@H]2C(=O)O)ccc1F. The van der Waals surface area contributed by atoms with Gasteiger partial charge in [-0.2, -0.15) is 0 Å². The molecule has 6 heteroatoms. The van der Waals surface area contributed by atoms with Crippen molar-refractivity contribution in [1.29, 1.82) is 0 Å². The minimum Gasteiger partial charge on any atom is -0.494 e. The highest BCUT2D eigenvalue weighted by Crippen LogP contribution is 2.26. The normalized spacial score (nSPS) is 21.5. The number of halogens is 1. The van der Waals surface area contributed by atoms with Crippen LogP contribution in [0, 0.1) is 11.7 Å². The van der Waals surface area contributed by atoms with Gasteiger partial charge in [0.1, 0.15) is 0 Å². The Morgan fingerprint density at radius 2 is 2.15 bits per heavy atom. The highest BCUT2D eigenvalue weighted by atomic mass is 19.1. The van der Waals surface area contributed by atoms with Crippen LogP contribution in [-0.2, 0) is 4.79 Å². The van der Waals surface area contributed by atoms with Crippen molar-refractivity contribution in [2.75, 3.05) is 7.11 Å². The first-order valence-corrected chi connectivity index (χ1v) is 6.40. The fraction of sp³-hybridized carbons (Fsp3) is 0.429. The van der Waals surface area contributed by atoms with Gasteiger partial charge in [-0.1, -0.05) is 6.42 Å². The third kappa shape index (κ3) is 2.89. The van der Waals surface area contributed by atoms with Gasteiger partial charge in [-0.05, 0) is 31.0 Å². The van der Waals surface area contributed by atoms with Crippen molar-refractivity contribution in [3.63, 3.8) is 0 Å². The van der Waals surface area contributed by atoms with Gasteiger partial charge in [0.25, 0.3) is 5.91 Å². The summed E-state index contributed by atoms with van der Waals surface area (Å²) in [7, 11) is 1.32. The van der Waals surface area contributed by atoms with E-state index in [1.807, 2.05) is 0 Å². The average molecular weight is 281 g/mol. The van der Waals surface area contributed by atoms with Crippen LogP contribution in [0.1, 0.15) is 29.6 Å². The summed E-state index contributed by atoms with van der Waals surface area (Å²) in [6.45, 7) is 0. The summed E-state index contributed by atoms with van der Waals surface area (Å²) in [5, 5.41) is 11.8. The van der Waals surface area contributed by atoms with Crippen LogP contribution in [0.2, 0.25) is 0 Å². The summed E-state index contributed by atoms with van der Waals surface area (Å²) in [4.78, 5) is 23.1. The predicted octanol–water partition coefficient (Wildman–Crippen LogP) is 1.82. The van der Waals surface area contributed by atoms with Gasteiger partial charge in [0.15, 0.2) is 11.6 Å². The Bertz CT molecular complexity index is 532. The van der Waals surface area contributed by atoms with E-state index < -0.39 is 23.6 Å². The minimum absolute atomic E-state index is 0.0149. The molecule has 1 aromatic carbocycles. The number of rotatable bonds is 4. The molecule has 0 spiro atoms. The van der Waals surface area contributed by atoms with E-state index in [0.717, 1.165) is 12.5 Å². The van der Waals surface area contributed by atoms with Gasteiger partial charge in [0.05, 0.1) is 13.0 Å². The summed E-state index contributed by atoms with van der Waals surface area (Å²) in [5.41, 5.74) is 0.249. The Hall–Kier alpha value is -2.11. The molecule has 0 radical (unpaired) electrons. The summed E-state index contributed by atoms with van der Waals surface area (Å²) in [6.07, 6.45) is 1.97. The fourth-order valence-corrected chi connectivity index (χ4v) is 2.48. The summed E-state index contributed by atoms with van der Waals surface area (Å²) >= 11 is 0. The van der Waals surface area contributed by atoms with Crippen LogP contribution in [-0.4, -0.2) is 30.1 Å². The molecule has 1 aliphatic rings. The number of hydrogen-bond donors (Lipinski definition) is 2. The lowest BCUT2D eigenvalue weighted by Crippen LogP contribution is -2.40. The van der Waals surface area contributed by atoms with Crippen LogP contribution in [0.25, 0.3) is 0 Å². The van der Waals surface area contributed by atoms with Crippen LogP contribution >= 0.6 is 0 Å². The maximum Gasteiger partial charge on any atom is 0.308 e. The molecule has 0 unspecified atom stereocenters. The molecule has 1 saturated carbocycles. The molecule has 0 saturated heterocycles. The lowest BCUT2D eigenvalue weighted by atomic mass is 10.0. The number of ether oxygens (including phenoxy) is 1. The first-order chi connectivity index (χ1) is 9.52. The van der Waals surface area contributed by atoms with Crippen molar-refractivity contribution in [2.45, 2.75) is 25.3 Å². The van der Waals surface area contributed by atoms with Gasteiger partial charge < -0.3 is 15.2 Å². The molecular formula is C14H16FNO4. The van der Waals surface area contributed by atoms with Crippen molar-refractivity contribution in [2.24, 2.45) is 5.92 Å². The number of methoxy groups -OCH3 is 1. The van der Waals surface area contributed by atoms with Crippen molar-refractivity contribution in [1.82, 2.24) is 5.32 Å². The van der Waals surface area contributed by atoms with Gasteiger partial charge in [-0.25, -0.2) is 4.39 Å². The number of carboxylic acids is 1. The fourth-order valence-electron chi connectivity index (χ4n) is 2.48. The minimum atomic E-state index is -0.899. The maximum absolute atomic E-state index is 13.3. The number of aliphatic carboxylic acids is 1. The highest BCUT2D eigenvalue weighted by molar-refractivity contribution is 5.95. The van der Waals surface area contributed by atoms with Crippen molar-refractivity contribution in [3.05, 3.63) is 29.6 Å². The van der Waals surface area contributed by atoms with Crippen LogP contribution in [0.15, 0.2) is 18.2 Å². The van der Waals surface area contributed by atoms with Gasteiger partial charge in [-0.15, -0.1) is 0 Å². The first-order valence-electron chi connectivity index (χ1n) is 6.40. The Morgan fingerprint density at radius 3 is 2.80 bits per heavy atom. The quantitative estimate of drug-likeness (QED) is 0.882. The van der Waals surface area contributed by atoms with Crippen molar-refractivity contribution >= 4 is 11.9 Å². The molecule has 2 rings (SSSR count). The molecule has 2 atom stereocenters. The Kier molecular flexibility index (Phi) is 4.22. The zero-order valence-electron chi connectivity index (χ0n) is 11.1. The molecule has 1 fully saturated rings. The number of nitrogens with one attached hydrogen (secondary N) is 1. The molecule has 0 heterocycles. The third-order valence-corrected chi connectivity index (χ3v) is 3.56. The molecule has 1 aliphatic carbocycles. The van der Waals surface area contributed by atoms with Crippen LogP contribution < -0.4 is 10.1 Å². The average Bonchev–Trinajstić information content (AvgIpc) is 2.87. The molecule has 0 bridgehead atoms. The molecule has 1 aromatic rings. The maximum atomic E-state index is 13.3. The lowest BCUT2D eigenvalue weighted by Gasteiger charge is -2.17. The van der Waals surface area contributed by atoms with E-state index in [2.05, 4.69) is 5.32 Å². The number of benzene rings is 1. The molecule has 0 aromatic heterocycles. The van der Waals surface area contributed by atoms with Crippen molar-refractivity contribution < 1.29 is 23.8 Å². The van der Waals surface area contributed by atoms with Crippen LogP contribution in [0.4, 0.5) is 4.39 Å². The number of amides is 1. The van der Waals surface area contributed by atoms with E-state index in [1.165, 1.54) is 19.2 Å². The van der Waals surface area contributed by atoms with Gasteiger partial charge in [0.2, 0.25) is 0 Å². The van der Waals surface area contributed by atoms with E-state index in [-0.39, 0.29) is 17.4 Å². The largest absolute Gasteiger partial charge is 0.494 e. The second kappa shape index (κ2) is 5.90. The molecule has 108 valence electrons. The predicted molar refractivity (Wildman–Crippen MR) is 69.2 cm³/mol.